The minimum atomic E-state index is -0.533. The summed E-state index contributed by atoms with van der Waals surface area (Å²) in [5, 5.41) is 8.11. The average molecular weight is 247 g/mol. The van der Waals surface area contributed by atoms with Crippen LogP contribution in [0.4, 0.5) is 10.5 Å². The van der Waals surface area contributed by atoms with Crippen molar-refractivity contribution < 1.29 is 9.59 Å². The second kappa shape index (κ2) is 5.53. The van der Waals surface area contributed by atoms with Crippen LogP contribution in [0, 0.1) is 0 Å². The van der Waals surface area contributed by atoms with Gasteiger partial charge in [-0.05, 0) is 31.9 Å². The van der Waals surface area contributed by atoms with Crippen molar-refractivity contribution in [2.45, 2.75) is 31.8 Å². The second-order valence-corrected chi connectivity index (χ2v) is 4.47. The number of carbonyl (C=O) groups is 2. The lowest BCUT2D eigenvalue weighted by molar-refractivity contribution is -0.122. The number of hydrogen-bond donors (Lipinski definition) is 3. The lowest BCUT2D eigenvalue weighted by atomic mass is 10.3. The Morgan fingerprint density at radius 3 is 2.50 bits per heavy atom. The summed E-state index contributed by atoms with van der Waals surface area (Å²) in [6, 6.07) is 8.50. The van der Waals surface area contributed by atoms with E-state index in [9.17, 15) is 9.59 Å². The summed E-state index contributed by atoms with van der Waals surface area (Å²) < 4.78 is 0. The Labute approximate surface area is 106 Å². The molecular weight excluding hydrogens is 230 g/mol. The van der Waals surface area contributed by atoms with Crippen molar-refractivity contribution in [3.8, 4) is 0 Å². The smallest absolute Gasteiger partial charge is 0.319 e. The molecule has 0 spiro atoms. The minimum Gasteiger partial charge on any atom is -0.352 e. The lowest BCUT2D eigenvalue weighted by Gasteiger charge is -2.14. The number of benzene rings is 1. The highest BCUT2D eigenvalue weighted by atomic mass is 16.2. The number of amides is 3. The van der Waals surface area contributed by atoms with Crippen LogP contribution in [0.3, 0.4) is 0 Å². The summed E-state index contributed by atoms with van der Waals surface area (Å²) in [5.41, 5.74) is 0.699. The molecule has 1 aromatic rings. The van der Waals surface area contributed by atoms with Gasteiger partial charge in [0.05, 0.1) is 0 Å². The Morgan fingerprint density at radius 1 is 1.22 bits per heavy atom. The molecule has 2 rings (SSSR count). The van der Waals surface area contributed by atoms with Gasteiger partial charge >= 0.3 is 6.03 Å². The van der Waals surface area contributed by atoms with E-state index in [0.717, 1.165) is 12.8 Å². The quantitative estimate of drug-likeness (QED) is 0.754. The van der Waals surface area contributed by atoms with Gasteiger partial charge in [-0.3, -0.25) is 4.79 Å². The van der Waals surface area contributed by atoms with Gasteiger partial charge in [0.25, 0.3) is 0 Å². The molecule has 18 heavy (non-hydrogen) atoms. The summed E-state index contributed by atoms with van der Waals surface area (Å²) in [5.74, 6) is -0.138. The maximum atomic E-state index is 11.6. The van der Waals surface area contributed by atoms with Crippen LogP contribution in [0.15, 0.2) is 30.3 Å². The van der Waals surface area contributed by atoms with E-state index in [4.69, 9.17) is 0 Å². The zero-order valence-electron chi connectivity index (χ0n) is 10.3. The van der Waals surface area contributed by atoms with Crippen LogP contribution in [0.5, 0.6) is 0 Å². The van der Waals surface area contributed by atoms with E-state index in [-0.39, 0.29) is 11.9 Å². The van der Waals surface area contributed by atoms with E-state index in [2.05, 4.69) is 16.0 Å². The molecule has 0 bridgehead atoms. The molecule has 0 saturated heterocycles. The van der Waals surface area contributed by atoms with Crippen LogP contribution in [0.1, 0.15) is 19.8 Å². The Morgan fingerprint density at radius 2 is 1.89 bits per heavy atom. The van der Waals surface area contributed by atoms with E-state index >= 15 is 0 Å². The predicted octanol–water partition coefficient (Wildman–Crippen LogP) is 1.48. The van der Waals surface area contributed by atoms with Crippen LogP contribution in [-0.4, -0.2) is 24.0 Å². The van der Waals surface area contributed by atoms with Crippen LogP contribution >= 0.6 is 0 Å². The number of rotatable bonds is 4. The Kier molecular flexibility index (Phi) is 3.82. The van der Waals surface area contributed by atoms with Gasteiger partial charge in [-0.25, -0.2) is 4.79 Å². The summed E-state index contributed by atoms with van der Waals surface area (Å²) in [6.45, 7) is 1.67. The standard InChI is InChI=1S/C13H17N3O2/c1-9(12(17)15-11-7-8-11)14-13(18)16-10-5-3-2-4-6-10/h2-6,9,11H,7-8H2,1H3,(H,15,17)(H2,14,16,18)/t9-/m0/s1. The van der Waals surface area contributed by atoms with Crippen molar-refractivity contribution in [2.75, 3.05) is 5.32 Å². The maximum Gasteiger partial charge on any atom is 0.319 e. The largest absolute Gasteiger partial charge is 0.352 e. The molecule has 0 aliphatic heterocycles. The summed E-state index contributed by atoms with van der Waals surface area (Å²) in [7, 11) is 0. The Hall–Kier alpha value is -2.04. The van der Waals surface area contributed by atoms with Gasteiger partial charge < -0.3 is 16.0 Å². The molecule has 5 nitrogen and oxygen atoms in total. The zero-order chi connectivity index (χ0) is 13.0. The molecule has 3 N–H and O–H groups in total. The van der Waals surface area contributed by atoms with Crippen molar-refractivity contribution in [1.29, 1.82) is 0 Å². The first-order valence-electron chi connectivity index (χ1n) is 6.08. The number of para-hydroxylation sites is 1. The first-order chi connectivity index (χ1) is 8.65. The number of nitrogens with one attached hydrogen (secondary N) is 3. The van der Waals surface area contributed by atoms with Crippen LogP contribution < -0.4 is 16.0 Å². The van der Waals surface area contributed by atoms with Crippen molar-refractivity contribution in [1.82, 2.24) is 10.6 Å². The highest BCUT2D eigenvalue weighted by molar-refractivity contribution is 5.93. The van der Waals surface area contributed by atoms with E-state index in [1.54, 1.807) is 19.1 Å². The molecule has 5 heteroatoms. The third-order valence-corrected chi connectivity index (χ3v) is 2.70. The monoisotopic (exact) mass is 247 g/mol. The third-order valence-electron chi connectivity index (χ3n) is 2.70. The fourth-order valence-electron chi connectivity index (χ4n) is 1.50. The van der Waals surface area contributed by atoms with Crippen molar-refractivity contribution in [3.05, 3.63) is 30.3 Å². The number of urea groups is 1. The molecule has 1 atom stereocenters. The number of hydrogen-bond acceptors (Lipinski definition) is 2. The highest BCUT2D eigenvalue weighted by Crippen LogP contribution is 2.18. The van der Waals surface area contributed by atoms with Crippen molar-refractivity contribution in [3.63, 3.8) is 0 Å². The van der Waals surface area contributed by atoms with Crippen LogP contribution in [-0.2, 0) is 4.79 Å². The normalized spacial score (nSPS) is 15.6. The van der Waals surface area contributed by atoms with Gasteiger partial charge in [0.1, 0.15) is 6.04 Å². The van der Waals surface area contributed by atoms with Crippen molar-refractivity contribution in [2.24, 2.45) is 0 Å². The first-order valence-corrected chi connectivity index (χ1v) is 6.08. The first kappa shape index (κ1) is 12.4. The van der Waals surface area contributed by atoms with Crippen LogP contribution in [0.25, 0.3) is 0 Å². The second-order valence-electron chi connectivity index (χ2n) is 4.47. The van der Waals surface area contributed by atoms with Crippen LogP contribution in [0.2, 0.25) is 0 Å². The third kappa shape index (κ3) is 3.76. The molecule has 0 aromatic heterocycles. The topological polar surface area (TPSA) is 70.2 Å². The Bertz CT molecular complexity index is 429. The molecule has 1 fully saturated rings. The van der Waals surface area contributed by atoms with E-state index < -0.39 is 6.04 Å². The fraction of sp³-hybridized carbons (Fsp3) is 0.385. The highest BCUT2D eigenvalue weighted by Gasteiger charge is 2.26. The van der Waals surface area contributed by atoms with E-state index in [1.165, 1.54) is 0 Å². The molecule has 1 aromatic carbocycles. The predicted molar refractivity (Wildman–Crippen MR) is 69.2 cm³/mol. The molecule has 0 unspecified atom stereocenters. The van der Waals surface area contributed by atoms with Gasteiger partial charge in [0.15, 0.2) is 0 Å². The number of carbonyl (C=O) groups excluding carboxylic acids is 2. The summed E-state index contributed by atoms with van der Waals surface area (Å²) in [4.78, 5) is 23.3. The van der Waals surface area contributed by atoms with Gasteiger partial charge in [-0.15, -0.1) is 0 Å². The fourth-order valence-corrected chi connectivity index (χ4v) is 1.50. The van der Waals surface area contributed by atoms with Gasteiger partial charge in [-0.2, -0.15) is 0 Å². The maximum absolute atomic E-state index is 11.6. The Balaban J connectivity index is 1.77. The molecule has 3 amide bonds. The average Bonchev–Trinajstić information content (AvgIpc) is 3.14. The van der Waals surface area contributed by atoms with Gasteiger partial charge in [0, 0.05) is 11.7 Å². The van der Waals surface area contributed by atoms with Crippen molar-refractivity contribution >= 4 is 17.6 Å². The molecule has 1 aliphatic rings. The van der Waals surface area contributed by atoms with E-state index in [1.807, 2.05) is 18.2 Å². The zero-order valence-corrected chi connectivity index (χ0v) is 10.3. The van der Waals surface area contributed by atoms with Gasteiger partial charge in [-0.1, -0.05) is 18.2 Å². The van der Waals surface area contributed by atoms with Gasteiger partial charge in [0.2, 0.25) is 5.91 Å². The summed E-state index contributed by atoms with van der Waals surface area (Å²) >= 11 is 0. The summed E-state index contributed by atoms with van der Waals surface area (Å²) in [6.07, 6.45) is 2.07. The molecule has 1 aliphatic carbocycles. The molecule has 96 valence electrons. The van der Waals surface area contributed by atoms with E-state index in [0.29, 0.717) is 11.7 Å². The SMILES string of the molecule is C[C@H](NC(=O)Nc1ccccc1)C(=O)NC1CC1. The molecule has 1 saturated carbocycles. The lowest BCUT2D eigenvalue weighted by Crippen LogP contribution is -2.46. The number of anilines is 1. The molecule has 0 radical (unpaired) electrons. The molecular formula is C13H17N3O2. The molecule has 0 heterocycles. The minimum absolute atomic E-state index is 0.138.